The molecule has 2 aromatic carbocycles. The van der Waals surface area contributed by atoms with Crippen LogP contribution in [0.5, 0.6) is 0 Å². The summed E-state index contributed by atoms with van der Waals surface area (Å²) in [5.74, 6) is -0.810. The molecule has 1 heterocycles. The Balaban J connectivity index is 2.16. The minimum absolute atomic E-state index is 0.193. The van der Waals surface area contributed by atoms with E-state index in [1.165, 1.54) is 11.8 Å². The first-order valence-electron chi connectivity index (χ1n) is 13.1. The number of nitrogens with zero attached hydrogens (tertiary/aromatic N) is 1. The van der Waals surface area contributed by atoms with Crippen molar-refractivity contribution in [2.45, 2.75) is 74.7 Å². The summed E-state index contributed by atoms with van der Waals surface area (Å²) in [4.78, 5) is 15.1. The standard InChI is InChI=1S/C28H42N2O5S2/c1-4-6-13-28(14-7-5-2)19-30(22-11-9-8-10-12-22)24-16-25(36-3)21(15-26(24)37(34,35)20-28)17-29-23(18-31)27(32)33/h8-12,15-16,23,29,31,34-35H,4-7,13-14,17-20H2,1-3H3,(H,32,33)/t23-/m0/s1. The number of para-hydroxylation sites is 1. The van der Waals surface area contributed by atoms with Gasteiger partial charge < -0.3 is 15.1 Å². The summed E-state index contributed by atoms with van der Waals surface area (Å²) >= 11 is 1.54. The molecular formula is C28H42N2O5S2. The van der Waals surface area contributed by atoms with Crippen molar-refractivity contribution >= 4 is 39.7 Å². The van der Waals surface area contributed by atoms with Crippen LogP contribution in [0, 0.1) is 5.41 Å². The minimum atomic E-state index is -3.14. The summed E-state index contributed by atoms with van der Waals surface area (Å²) in [6, 6.07) is 12.9. The van der Waals surface area contributed by atoms with Crippen LogP contribution in [-0.2, 0) is 11.3 Å². The molecule has 0 aromatic heterocycles. The van der Waals surface area contributed by atoms with Crippen molar-refractivity contribution in [3.63, 3.8) is 0 Å². The van der Waals surface area contributed by atoms with Crippen LogP contribution in [0.1, 0.15) is 57.9 Å². The number of thioether (sulfide) groups is 1. The van der Waals surface area contributed by atoms with Crippen LogP contribution < -0.4 is 10.2 Å². The molecule has 0 bridgehead atoms. The highest BCUT2D eigenvalue weighted by atomic mass is 32.3. The SMILES string of the molecule is CCCCC1(CCCC)CN(c2ccccc2)c2cc(SC)c(CN[C@@H](CO)C(=O)O)cc2S(O)(O)C1. The number of aliphatic hydroxyl groups excluding tert-OH is 1. The van der Waals surface area contributed by atoms with Crippen molar-refractivity contribution in [2.24, 2.45) is 5.41 Å². The lowest BCUT2D eigenvalue weighted by molar-refractivity contribution is -0.140. The Bertz CT molecular complexity index is 1030. The maximum Gasteiger partial charge on any atom is 0.323 e. The second-order valence-corrected chi connectivity index (χ2v) is 12.9. The molecular weight excluding hydrogens is 508 g/mol. The van der Waals surface area contributed by atoms with E-state index in [-0.39, 0.29) is 12.0 Å². The van der Waals surface area contributed by atoms with E-state index in [9.17, 15) is 24.1 Å². The number of hydrogen-bond donors (Lipinski definition) is 5. The first-order chi connectivity index (χ1) is 17.7. The van der Waals surface area contributed by atoms with E-state index in [2.05, 4.69) is 36.2 Å². The molecule has 3 rings (SSSR count). The van der Waals surface area contributed by atoms with Gasteiger partial charge in [-0.3, -0.25) is 19.2 Å². The minimum Gasteiger partial charge on any atom is -0.480 e. The maximum absolute atomic E-state index is 11.8. The zero-order chi connectivity index (χ0) is 27.1. The van der Waals surface area contributed by atoms with Crippen molar-refractivity contribution < 1.29 is 24.1 Å². The van der Waals surface area contributed by atoms with E-state index in [1.807, 2.05) is 36.6 Å². The highest BCUT2D eigenvalue weighted by Gasteiger charge is 2.42. The Kier molecular flexibility index (Phi) is 10.8. The van der Waals surface area contributed by atoms with Gasteiger partial charge in [0.25, 0.3) is 0 Å². The van der Waals surface area contributed by atoms with E-state index in [0.29, 0.717) is 17.2 Å². The molecule has 0 aliphatic carbocycles. The average Bonchev–Trinajstić information content (AvgIpc) is 2.98. The lowest BCUT2D eigenvalue weighted by atomic mass is 9.79. The number of rotatable bonds is 13. The largest absolute Gasteiger partial charge is 0.480 e. The van der Waals surface area contributed by atoms with Crippen LogP contribution in [0.2, 0.25) is 0 Å². The van der Waals surface area contributed by atoms with Crippen LogP contribution in [0.15, 0.2) is 52.3 Å². The Morgan fingerprint density at radius 3 is 2.32 bits per heavy atom. The number of benzene rings is 2. The van der Waals surface area contributed by atoms with Crippen molar-refractivity contribution in [2.75, 3.05) is 30.1 Å². The Morgan fingerprint density at radius 1 is 1.14 bits per heavy atom. The van der Waals surface area contributed by atoms with Gasteiger partial charge in [0.2, 0.25) is 0 Å². The van der Waals surface area contributed by atoms with Gasteiger partial charge in [0.15, 0.2) is 0 Å². The van der Waals surface area contributed by atoms with Gasteiger partial charge in [0.05, 0.1) is 17.2 Å². The second kappa shape index (κ2) is 13.4. The summed E-state index contributed by atoms with van der Waals surface area (Å²) in [6.45, 7) is 4.72. The summed E-state index contributed by atoms with van der Waals surface area (Å²) in [5, 5.41) is 21.7. The lowest BCUT2D eigenvalue weighted by Crippen LogP contribution is -2.39. The molecule has 7 nitrogen and oxygen atoms in total. The molecule has 0 radical (unpaired) electrons. The predicted molar refractivity (Wildman–Crippen MR) is 154 cm³/mol. The molecule has 0 spiro atoms. The monoisotopic (exact) mass is 550 g/mol. The fourth-order valence-corrected chi connectivity index (χ4v) is 8.04. The van der Waals surface area contributed by atoms with E-state index >= 15 is 0 Å². The number of carboxylic acids is 1. The fourth-order valence-electron chi connectivity index (χ4n) is 5.20. The van der Waals surface area contributed by atoms with Crippen molar-refractivity contribution in [1.82, 2.24) is 5.32 Å². The van der Waals surface area contributed by atoms with E-state index in [4.69, 9.17) is 0 Å². The van der Waals surface area contributed by atoms with E-state index < -0.39 is 29.2 Å². The number of carboxylic acid groups (broad SMARTS) is 1. The number of aliphatic hydroxyl groups is 1. The van der Waals surface area contributed by atoms with Gasteiger partial charge in [0.1, 0.15) is 6.04 Å². The summed E-state index contributed by atoms with van der Waals surface area (Å²) in [6.07, 6.45) is 7.97. The number of anilines is 2. The topological polar surface area (TPSA) is 113 Å². The van der Waals surface area contributed by atoms with Gasteiger partial charge >= 0.3 is 5.97 Å². The molecule has 0 saturated carbocycles. The lowest BCUT2D eigenvalue weighted by Gasteiger charge is -2.42. The third kappa shape index (κ3) is 7.22. The van der Waals surface area contributed by atoms with E-state index in [1.54, 1.807) is 0 Å². The predicted octanol–water partition coefficient (Wildman–Crippen LogP) is 6.57. The van der Waals surface area contributed by atoms with Gasteiger partial charge in [-0.05, 0) is 48.9 Å². The Hall–Kier alpha value is -1.75. The highest BCUT2D eigenvalue weighted by molar-refractivity contribution is 8.24. The molecule has 2 aromatic rings. The first-order valence-corrected chi connectivity index (χ1v) is 16.0. The van der Waals surface area contributed by atoms with Gasteiger partial charge in [-0.2, -0.15) is 10.6 Å². The normalized spacial score (nSPS) is 18.1. The van der Waals surface area contributed by atoms with Crippen LogP contribution in [-0.4, -0.2) is 56.5 Å². The van der Waals surface area contributed by atoms with E-state index in [0.717, 1.165) is 60.4 Å². The van der Waals surface area contributed by atoms with Crippen molar-refractivity contribution in [1.29, 1.82) is 0 Å². The van der Waals surface area contributed by atoms with Crippen LogP contribution in [0.25, 0.3) is 0 Å². The molecule has 206 valence electrons. The van der Waals surface area contributed by atoms with Gasteiger partial charge in [-0.25, -0.2) is 0 Å². The number of aliphatic carboxylic acids is 1. The van der Waals surface area contributed by atoms with Crippen LogP contribution >= 0.6 is 22.4 Å². The number of fused-ring (bicyclic) bond motifs is 1. The third-order valence-corrected chi connectivity index (χ3v) is 10.1. The Morgan fingerprint density at radius 2 is 1.78 bits per heavy atom. The first kappa shape index (κ1) is 29.8. The van der Waals surface area contributed by atoms with Crippen molar-refractivity contribution in [3.05, 3.63) is 48.0 Å². The molecule has 0 amide bonds. The second-order valence-electron chi connectivity index (χ2n) is 10.0. The quantitative estimate of drug-likeness (QED) is 0.178. The summed E-state index contributed by atoms with van der Waals surface area (Å²) in [7, 11) is -3.14. The summed E-state index contributed by atoms with van der Waals surface area (Å²) in [5.41, 5.74) is 2.35. The number of carbonyl (C=O) groups is 1. The van der Waals surface area contributed by atoms with Gasteiger partial charge in [0, 0.05) is 34.8 Å². The molecule has 0 unspecified atom stereocenters. The average molecular weight is 551 g/mol. The van der Waals surface area contributed by atoms with Crippen LogP contribution in [0.4, 0.5) is 11.4 Å². The number of unbranched alkanes of at least 4 members (excludes halogenated alkanes) is 2. The molecule has 1 atom stereocenters. The Labute approximate surface area is 227 Å². The molecule has 1 aliphatic rings. The maximum atomic E-state index is 11.8. The smallest absolute Gasteiger partial charge is 0.323 e. The molecule has 0 saturated heterocycles. The third-order valence-electron chi connectivity index (χ3n) is 7.21. The van der Waals surface area contributed by atoms with Crippen molar-refractivity contribution in [3.8, 4) is 0 Å². The highest BCUT2D eigenvalue weighted by Crippen LogP contribution is 2.61. The molecule has 0 fully saturated rings. The molecule has 1 aliphatic heterocycles. The number of nitrogens with one attached hydrogen (secondary N) is 1. The zero-order valence-electron chi connectivity index (χ0n) is 22.2. The molecule has 5 N–H and O–H groups in total. The fraction of sp³-hybridized carbons (Fsp3) is 0.536. The van der Waals surface area contributed by atoms with Gasteiger partial charge in [-0.1, -0.05) is 57.7 Å². The van der Waals surface area contributed by atoms with Crippen LogP contribution in [0.3, 0.4) is 0 Å². The molecule has 9 heteroatoms. The summed E-state index contributed by atoms with van der Waals surface area (Å²) < 4.78 is 23.5. The molecule has 37 heavy (non-hydrogen) atoms. The zero-order valence-corrected chi connectivity index (χ0v) is 23.8. The van der Waals surface area contributed by atoms with Gasteiger partial charge in [-0.15, -0.1) is 11.8 Å². The number of hydrogen-bond acceptors (Lipinski definition) is 7.